The summed E-state index contributed by atoms with van der Waals surface area (Å²) in [6.45, 7) is 5.52. The molecule has 0 aliphatic heterocycles. The monoisotopic (exact) mass is 259 g/mol. The van der Waals surface area contributed by atoms with Gasteiger partial charge < -0.3 is 5.32 Å². The zero-order valence-corrected chi connectivity index (χ0v) is 11.5. The first-order chi connectivity index (χ1) is 7.92. The molecule has 0 saturated carbocycles. The van der Waals surface area contributed by atoms with Gasteiger partial charge in [0.1, 0.15) is 9.84 Å². The highest BCUT2D eigenvalue weighted by molar-refractivity contribution is 7.90. The Kier molecular flexibility index (Phi) is 5.14. The summed E-state index contributed by atoms with van der Waals surface area (Å²) in [5.41, 5.74) is 1.09. The van der Waals surface area contributed by atoms with E-state index in [1.54, 1.807) is 6.20 Å². The van der Waals surface area contributed by atoms with Crippen LogP contribution in [0.5, 0.6) is 0 Å². The van der Waals surface area contributed by atoms with Crippen molar-refractivity contribution in [3.05, 3.63) is 18.0 Å². The SMILES string of the molecule is CCCn1nccc1CNC(C)CS(C)(=O)=O. The van der Waals surface area contributed by atoms with Crippen molar-refractivity contribution in [1.29, 1.82) is 0 Å². The van der Waals surface area contributed by atoms with Crippen molar-refractivity contribution in [2.45, 2.75) is 39.4 Å². The summed E-state index contributed by atoms with van der Waals surface area (Å²) in [6, 6.07) is 1.91. The molecular formula is C11H21N3O2S. The molecule has 0 saturated heterocycles. The summed E-state index contributed by atoms with van der Waals surface area (Å²) in [4.78, 5) is 0. The average Bonchev–Trinajstić information content (AvgIpc) is 2.60. The highest BCUT2D eigenvalue weighted by atomic mass is 32.2. The minimum Gasteiger partial charge on any atom is -0.308 e. The van der Waals surface area contributed by atoms with Crippen LogP contribution in [0.15, 0.2) is 12.3 Å². The highest BCUT2D eigenvalue weighted by Gasteiger charge is 2.10. The fourth-order valence-electron chi connectivity index (χ4n) is 1.72. The van der Waals surface area contributed by atoms with Crippen LogP contribution in [0.1, 0.15) is 26.0 Å². The van der Waals surface area contributed by atoms with Crippen molar-refractivity contribution < 1.29 is 8.42 Å². The molecule has 1 unspecified atom stereocenters. The Labute approximate surface area is 103 Å². The van der Waals surface area contributed by atoms with Crippen LogP contribution < -0.4 is 5.32 Å². The van der Waals surface area contributed by atoms with E-state index in [1.807, 2.05) is 17.7 Å². The molecule has 0 amide bonds. The Bertz CT molecular complexity index is 439. The molecule has 0 bridgehead atoms. The van der Waals surface area contributed by atoms with Crippen molar-refractivity contribution in [3.63, 3.8) is 0 Å². The van der Waals surface area contributed by atoms with Gasteiger partial charge in [-0.05, 0) is 19.4 Å². The summed E-state index contributed by atoms with van der Waals surface area (Å²) in [6.07, 6.45) is 4.06. The van der Waals surface area contributed by atoms with Crippen LogP contribution in [0.2, 0.25) is 0 Å². The lowest BCUT2D eigenvalue weighted by Crippen LogP contribution is -2.32. The normalized spacial score (nSPS) is 13.8. The largest absolute Gasteiger partial charge is 0.308 e. The van der Waals surface area contributed by atoms with Crippen LogP contribution in [0.4, 0.5) is 0 Å². The molecule has 1 rings (SSSR count). The summed E-state index contributed by atoms with van der Waals surface area (Å²) >= 11 is 0. The second-order valence-corrected chi connectivity index (χ2v) is 6.60. The number of aromatic nitrogens is 2. The fraction of sp³-hybridized carbons (Fsp3) is 0.727. The van der Waals surface area contributed by atoms with Crippen molar-refractivity contribution in [1.82, 2.24) is 15.1 Å². The summed E-state index contributed by atoms with van der Waals surface area (Å²) in [5.74, 6) is 0.162. The van der Waals surface area contributed by atoms with Gasteiger partial charge in [0, 0.05) is 31.6 Å². The Morgan fingerprint density at radius 1 is 1.53 bits per heavy atom. The summed E-state index contributed by atoms with van der Waals surface area (Å²) in [5, 5.41) is 7.42. The predicted molar refractivity (Wildman–Crippen MR) is 68.5 cm³/mol. The molecule has 0 radical (unpaired) electrons. The number of sulfone groups is 1. The van der Waals surface area contributed by atoms with Gasteiger partial charge in [0.05, 0.1) is 11.4 Å². The van der Waals surface area contributed by atoms with Crippen molar-refractivity contribution in [3.8, 4) is 0 Å². The van der Waals surface area contributed by atoms with Crippen LogP contribution in [-0.2, 0) is 22.9 Å². The van der Waals surface area contributed by atoms with Gasteiger partial charge in [0.25, 0.3) is 0 Å². The molecule has 17 heavy (non-hydrogen) atoms. The van der Waals surface area contributed by atoms with E-state index in [0.717, 1.165) is 18.7 Å². The molecule has 1 aromatic rings. The zero-order valence-electron chi connectivity index (χ0n) is 10.7. The molecule has 5 nitrogen and oxygen atoms in total. The number of nitrogens with zero attached hydrogens (tertiary/aromatic N) is 2. The molecule has 0 aliphatic carbocycles. The highest BCUT2D eigenvalue weighted by Crippen LogP contribution is 2.01. The first kappa shape index (κ1) is 14.2. The molecule has 0 aromatic carbocycles. The van der Waals surface area contributed by atoms with Crippen LogP contribution in [0.25, 0.3) is 0 Å². The minimum absolute atomic E-state index is 0.0463. The van der Waals surface area contributed by atoms with Gasteiger partial charge >= 0.3 is 0 Å². The second kappa shape index (κ2) is 6.16. The van der Waals surface area contributed by atoms with Crippen LogP contribution in [0.3, 0.4) is 0 Å². The molecule has 1 heterocycles. The first-order valence-electron chi connectivity index (χ1n) is 5.84. The molecule has 1 atom stereocenters. The molecule has 0 spiro atoms. The maximum atomic E-state index is 11.1. The number of aryl methyl sites for hydroxylation is 1. The second-order valence-electron chi connectivity index (χ2n) is 4.42. The predicted octanol–water partition coefficient (Wildman–Crippen LogP) is 0.816. The Balaban J connectivity index is 2.47. The van der Waals surface area contributed by atoms with Gasteiger partial charge in [-0.15, -0.1) is 0 Å². The summed E-state index contributed by atoms with van der Waals surface area (Å²) < 4.78 is 24.2. The molecule has 98 valence electrons. The standard InChI is InChI=1S/C11H21N3O2S/c1-4-7-14-11(5-6-13-14)8-12-10(2)9-17(3,15)16/h5-6,10,12H,4,7-9H2,1-3H3. The Morgan fingerprint density at radius 2 is 2.24 bits per heavy atom. The molecule has 0 aliphatic rings. The fourth-order valence-corrected chi connectivity index (χ4v) is 2.74. The number of rotatable bonds is 7. The lowest BCUT2D eigenvalue weighted by atomic mass is 10.3. The van der Waals surface area contributed by atoms with Crippen molar-refractivity contribution >= 4 is 9.84 Å². The minimum atomic E-state index is -2.92. The number of hydrogen-bond acceptors (Lipinski definition) is 4. The molecule has 6 heteroatoms. The molecule has 0 fully saturated rings. The van der Waals surface area contributed by atoms with E-state index in [0.29, 0.717) is 6.54 Å². The smallest absolute Gasteiger partial charge is 0.148 e. The number of hydrogen-bond donors (Lipinski definition) is 1. The van der Waals surface area contributed by atoms with Gasteiger partial charge in [0.2, 0.25) is 0 Å². The van der Waals surface area contributed by atoms with Crippen molar-refractivity contribution in [2.24, 2.45) is 0 Å². The van der Waals surface area contributed by atoms with E-state index in [4.69, 9.17) is 0 Å². The maximum absolute atomic E-state index is 11.1. The first-order valence-corrected chi connectivity index (χ1v) is 7.90. The van der Waals surface area contributed by atoms with Crippen LogP contribution >= 0.6 is 0 Å². The molecular weight excluding hydrogens is 238 g/mol. The van der Waals surface area contributed by atoms with E-state index >= 15 is 0 Å². The van der Waals surface area contributed by atoms with Crippen LogP contribution in [0, 0.1) is 0 Å². The van der Waals surface area contributed by atoms with Gasteiger partial charge in [-0.1, -0.05) is 6.92 Å². The van der Waals surface area contributed by atoms with E-state index < -0.39 is 9.84 Å². The van der Waals surface area contributed by atoms with Gasteiger partial charge in [-0.25, -0.2) is 8.42 Å². The lowest BCUT2D eigenvalue weighted by Gasteiger charge is -2.13. The third kappa shape index (κ3) is 5.32. The molecule has 1 aromatic heterocycles. The Morgan fingerprint density at radius 3 is 2.82 bits per heavy atom. The lowest BCUT2D eigenvalue weighted by molar-refractivity contribution is 0.519. The third-order valence-electron chi connectivity index (χ3n) is 2.42. The van der Waals surface area contributed by atoms with Gasteiger partial charge in [-0.2, -0.15) is 5.10 Å². The summed E-state index contributed by atoms with van der Waals surface area (Å²) in [7, 11) is -2.92. The zero-order chi connectivity index (χ0) is 12.9. The van der Waals surface area contributed by atoms with Crippen molar-refractivity contribution in [2.75, 3.05) is 12.0 Å². The van der Waals surface area contributed by atoms with Gasteiger partial charge in [0.15, 0.2) is 0 Å². The maximum Gasteiger partial charge on any atom is 0.148 e. The topological polar surface area (TPSA) is 64.0 Å². The third-order valence-corrected chi connectivity index (χ3v) is 3.53. The quantitative estimate of drug-likeness (QED) is 0.787. The van der Waals surface area contributed by atoms with E-state index in [9.17, 15) is 8.42 Å². The molecule has 1 N–H and O–H groups in total. The average molecular weight is 259 g/mol. The van der Waals surface area contributed by atoms with Crippen LogP contribution in [-0.4, -0.2) is 36.2 Å². The van der Waals surface area contributed by atoms with E-state index in [-0.39, 0.29) is 11.8 Å². The van der Waals surface area contributed by atoms with E-state index in [1.165, 1.54) is 6.26 Å². The number of nitrogens with one attached hydrogen (secondary N) is 1. The van der Waals surface area contributed by atoms with Gasteiger partial charge in [-0.3, -0.25) is 4.68 Å². The Hall–Kier alpha value is -0.880. The van der Waals surface area contributed by atoms with E-state index in [2.05, 4.69) is 17.3 Å².